The van der Waals surface area contributed by atoms with E-state index in [0.717, 1.165) is 17.1 Å². The van der Waals surface area contributed by atoms with Crippen molar-refractivity contribution in [2.45, 2.75) is 13.3 Å². The molecule has 0 radical (unpaired) electrons. The van der Waals surface area contributed by atoms with Gasteiger partial charge >= 0.3 is 5.97 Å². The third-order valence-electron chi connectivity index (χ3n) is 1.72. The van der Waals surface area contributed by atoms with Crippen LogP contribution < -0.4 is 5.32 Å². The second-order valence-corrected chi connectivity index (χ2v) is 2.67. The Hall–Kier alpha value is -1.16. The van der Waals surface area contributed by atoms with Crippen molar-refractivity contribution in [2.75, 3.05) is 12.4 Å². The molecule has 74 valence electrons. The first kappa shape index (κ1) is 11.8. The highest BCUT2D eigenvalue weighted by atomic mass is 35.5. The summed E-state index contributed by atoms with van der Waals surface area (Å²) in [6, 6.07) is 1.89. The molecule has 0 amide bonds. The van der Waals surface area contributed by atoms with Gasteiger partial charge in [-0.15, -0.1) is 12.4 Å². The van der Waals surface area contributed by atoms with E-state index in [4.69, 9.17) is 5.11 Å². The van der Waals surface area contributed by atoms with Crippen molar-refractivity contribution in [2.24, 2.45) is 0 Å². The number of nitrogens with one attached hydrogen (secondary N) is 2. The highest BCUT2D eigenvalue weighted by Gasteiger charge is 2.06. The van der Waals surface area contributed by atoms with Gasteiger partial charge in [0.15, 0.2) is 0 Å². The second-order valence-electron chi connectivity index (χ2n) is 2.67. The van der Waals surface area contributed by atoms with Crippen molar-refractivity contribution in [3.05, 3.63) is 17.3 Å². The third kappa shape index (κ3) is 2.99. The summed E-state index contributed by atoms with van der Waals surface area (Å²) >= 11 is 0. The minimum Gasteiger partial charge on any atom is -0.481 e. The van der Waals surface area contributed by atoms with Gasteiger partial charge in [0.25, 0.3) is 0 Å². The van der Waals surface area contributed by atoms with Crippen LogP contribution in [0, 0.1) is 6.92 Å². The molecule has 0 saturated heterocycles. The van der Waals surface area contributed by atoms with E-state index in [-0.39, 0.29) is 18.8 Å². The van der Waals surface area contributed by atoms with Gasteiger partial charge in [-0.25, -0.2) is 0 Å². The fourth-order valence-corrected chi connectivity index (χ4v) is 1.07. The highest BCUT2D eigenvalue weighted by molar-refractivity contribution is 5.85. The Labute approximate surface area is 82.8 Å². The van der Waals surface area contributed by atoms with E-state index in [9.17, 15) is 4.79 Å². The van der Waals surface area contributed by atoms with E-state index >= 15 is 0 Å². The zero-order valence-electron chi connectivity index (χ0n) is 7.55. The molecule has 0 atom stereocenters. The fourth-order valence-electron chi connectivity index (χ4n) is 1.07. The van der Waals surface area contributed by atoms with Crippen LogP contribution in [-0.2, 0) is 11.2 Å². The third-order valence-corrected chi connectivity index (χ3v) is 1.72. The highest BCUT2D eigenvalue weighted by Crippen LogP contribution is 2.13. The number of aryl methyl sites for hydroxylation is 1. The summed E-state index contributed by atoms with van der Waals surface area (Å²) in [5.74, 6) is 0.0337. The number of aromatic nitrogens is 1. The van der Waals surface area contributed by atoms with Crippen LogP contribution in [0.4, 0.5) is 5.82 Å². The molecule has 13 heavy (non-hydrogen) atoms. The summed E-state index contributed by atoms with van der Waals surface area (Å²) in [6.07, 6.45) is 0.0491. The van der Waals surface area contributed by atoms with Gasteiger partial charge in [0.1, 0.15) is 5.82 Å². The number of aromatic amines is 1. The number of H-pyrrole nitrogens is 1. The van der Waals surface area contributed by atoms with Crippen molar-refractivity contribution < 1.29 is 9.90 Å². The van der Waals surface area contributed by atoms with Crippen LogP contribution in [0.25, 0.3) is 0 Å². The summed E-state index contributed by atoms with van der Waals surface area (Å²) in [6.45, 7) is 1.88. The Kier molecular flexibility index (Phi) is 4.34. The quantitative estimate of drug-likeness (QED) is 0.698. The van der Waals surface area contributed by atoms with E-state index in [2.05, 4.69) is 10.3 Å². The molecule has 1 heterocycles. The lowest BCUT2D eigenvalue weighted by molar-refractivity contribution is -0.136. The van der Waals surface area contributed by atoms with E-state index < -0.39 is 5.97 Å². The van der Waals surface area contributed by atoms with Crippen LogP contribution >= 0.6 is 12.4 Å². The predicted molar refractivity (Wildman–Crippen MR) is 53.7 cm³/mol. The largest absolute Gasteiger partial charge is 0.481 e. The van der Waals surface area contributed by atoms with Crippen molar-refractivity contribution in [1.29, 1.82) is 0 Å². The standard InChI is InChI=1S/C8H12N2O2.ClH/c1-5-3-7(9-2)10-6(5)4-8(11)12;/h3,9-10H,4H2,1-2H3,(H,11,12);1H. The van der Waals surface area contributed by atoms with E-state index in [1.165, 1.54) is 0 Å². The SMILES string of the molecule is CNc1cc(C)c(CC(=O)O)[nH]1.Cl. The van der Waals surface area contributed by atoms with Gasteiger partial charge in [-0.1, -0.05) is 0 Å². The monoisotopic (exact) mass is 204 g/mol. The molecule has 0 fully saturated rings. The lowest BCUT2D eigenvalue weighted by Gasteiger charge is -1.94. The number of anilines is 1. The van der Waals surface area contributed by atoms with Crippen molar-refractivity contribution in [3.8, 4) is 0 Å². The van der Waals surface area contributed by atoms with Gasteiger partial charge in [-0.2, -0.15) is 0 Å². The summed E-state index contributed by atoms with van der Waals surface area (Å²) < 4.78 is 0. The minimum absolute atomic E-state index is 0. The minimum atomic E-state index is -0.817. The molecule has 0 unspecified atom stereocenters. The molecule has 0 aliphatic carbocycles. The van der Waals surface area contributed by atoms with Crippen LogP contribution in [-0.4, -0.2) is 23.1 Å². The Morgan fingerprint density at radius 2 is 2.31 bits per heavy atom. The number of hydrogen-bond acceptors (Lipinski definition) is 2. The molecule has 3 N–H and O–H groups in total. The molecule has 5 heteroatoms. The number of halogens is 1. The van der Waals surface area contributed by atoms with Crippen LogP contribution in [0.5, 0.6) is 0 Å². The first-order valence-corrected chi connectivity index (χ1v) is 3.71. The van der Waals surface area contributed by atoms with Gasteiger partial charge in [0, 0.05) is 12.7 Å². The maximum atomic E-state index is 10.4. The van der Waals surface area contributed by atoms with E-state index in [1.54, 1.807) is 7.05 Å². The van der Waals surface area contributed by atoms with Crippen molar-refractivity contribution >= 4 is 24.2 Å². The van der Waals surface area contributed by atoms with E-state index in [0.29, 0.717) is 0 Å². The Morgan fingerprint density at radius 3 is 2.69 bits per heavy atom. The molecule has 4 nitrogen and oxygen atoms in total. The lowest BCUT2D eigenvalue weighted by atomic mass is 10.2. The van der Waals surface area contributed by atoms with Crippen LogP contribution in [0.2, 0.25) is 0 Å². The summed E-state index contributed by atoms with van der Waals surface area (Å²) in [5.41, 5.74) is 1.73. The lowest BCUT2D eigenvalue weighted by Crippen LogP contribution is -2.01. The molecule has 0 aliphatic heterocycles. The first-order valence-electron chi connectivity index (χ1n) is 3.71. The van der Waals surface area contributed by atoms with Gasteiger partial charge in [-0.3, -0.25) is 4.79 Å². The second kappa shape index (κ2) is 4.77. The Bertz CT molecular complexity index is 296. The average molecular weight is 205 g/mol. The molecule has 1 aromatic heterocycles. The van der Waals surface area contributed by atoms with Gasteiger partial charge in [-0.05, 0) is 18.6 Å². The Morgan fingerprint density at radius 1 is 1.69 bits per heavy atom. The van der Waals surface area contributed by atoms with E-state index in [1.807, 2.05) is 13.0 Å². The van der Waals surface area contributed by atoms with Gasteiger partial charge in [0.2, 0.25) is 0 Å². The number of aliphatic carboxylic acids is 1. The first-order chi connectivity index (χ1) is 5.63. The zero-order chi connectivity index (χ0) is 9.14. The van der Waals surface area contributed by atoms with Crippen LogP contribution in [0.3, 0.4) is 0 Å². The maximum Gasteiger partial charge on any atom is 0.309 e. The zero-order valence-corrected chi connectivity index (χ0v) is 8.36. The van der Waals surface area contributed by atoms with Gasteiger partial charge < -0.3 is 15.4 Å². The van der Waals surface area contributed by atoms with Crippen LogP contribution in [0.1, 0.15) is 11.3 Å². The fraction of sp³-hybridized carbons (Fsp3) is 0.375. The molecule has 1 aromatic rings. The van der Waals surface area contributed by atoms with Gasteiger partial charge in [0.05, 0.1) is 6.42 Å². The average Bonchev–Trinajstić information content (AvgIpc) is 2.31. The van der Waals surface area contributed by atoms with Crippen molar-refractivity contribution in [1.82, 2.24) is 4.98 Å². The molecule has 0 aliphatic rings. The number of rotatable bonds is 3. The van der Waals surface area contributed by atoms with Crippen molar-refractivity contribution in [3.63, 3.8) is 0 Å². The number of carboxylic acid groups (broad SMARTS) is 1. The maximum absolute atomic E-state index is 10.4. The van der Waals surface area contributed by atoms with Crippen LogP contribution in [0.15, 0.2) is 6.07 Å². The Balaban J connectivity index is 0.00000144. The molecule has 0 spiro atoms. The molecule has 0 bridgehead atoms. The number of hydrogen-bond donors (Lipinski definition) is 3. The molecule has 1 rings (SSSR count). The molecular weight excluding hydrogens is 192 g/mol. The summed E-state index contributed by atoms with van der Waals surface area (Å²) in [4.78, 5) is 13.3. The molecule has 0 aromatic carbocycles. The summed E-state index contributed by atoms with van der Waals surface area (Å²) in [5, 5.41) is 11.4. The summed E-state index contributed by atoms with van der Waals surface area (Å²) in [7, 11) is 1.79. The number of carbonyl (C=O) groups is 1. The topological polar surface area (TPSA) is 65.1 Å². The smallest absolute Gasteiger partial charge is 0.309 e. The molecular formula is C8H13ClN2O2. The number of carboxylic acids is 1. The molecule has 0 saturated carbocycles. The predicted octanol–water partition coefficient (Wildman–Crippen LogP) is 1.41. The normalized spacial score (nSPS) is 9.08.